The molecule has 102 valence electrons. The van der Waals surface area contributed by atoms with Crippen LogP contribution in [0.1, 0.15) is 50.8 Å². The summed E-state index contributed by atoms with van der Waals surface area (Å²) in [5.74, 6) is 7.56. The maximum Gasteiger partial charge on any atom is 0.138 e. The first-order valence-electron chi connectivity index (χ1n) is 7.08. The lowest BCUT2D eigenvalue weighted by molar-refractivity contribution is 0.311. The van der Waals surface area contributed by atoms with E-state index in [9.17, 15) is 0 Å². The van der Waals surface area contributed by atoms with Crippen LogP contribution < -0.4 is 11.3 Å². The number of rotatable bonds is 6. The summed E-state index contributed by atoms with van der Waals surface area (Å²) in [6, 6.07) is 0.315. The van der Waals surface area contributed by atoms with Gasteiger partial charge < -0.3 is 0 Å². The molecule has 1 fully saturated rings. The van der Waals surface area contributed by atoms with Crippen molar-refractivity contribution in [1.29, 1.82) is 0 Å². The van der Waals surface area contributed by atoms with E-state index < -0.39 is 0 Å². The minimum atomic E-state index is 0.315. The monoisotopic (exact) mass is 251 g/mol. The summed E-state index contributed by atoms with van der Waals surface area (Å²) in [5, 5.41) is 4.09. The molecule has 1 unspecified atom stereocenters. The second-order valence-corrected chi connectivity index (χ2v) is 5.45. The van der Waals surface area contributed by atoms with E-state index in [1.54, 1.807) is 6.33 Å². The average Bonchev–Trinajstić information content (AvgIpc) is 2.81. The molecule has 5 nitrogen and oxygen atoms in total. The Morgan fingerprint density at radius 2 is 2.22 bits per heavy atom. The first-order chi connectivity index (χ1) is 8.79. The van der Waals surface area contributed by atoms with Gasteiger partial charge in [0.15, 0.2) is 0 Å². The van der Waals surface area contributed by atoms with Gasteiger partial charge in [0.1, 0.15) is 12.2 Å². The van der Waals surface area contributed by atoms with Crippen molar-refractivity contribution in [1.82, 2.24) is 20.2 Å². The second kappa shape index (κ2) is 6.85. The van der Waals surface area contributed by atoms with E-state index in [2.05, 4.69) is 15.5 Å². The highest BCUT2D eigenvalue weighted by Crippen LogP contribution is 2.27. The fraction of sp³-hybridized carbons (Fsp3) is 0.846. The van der Waals surface area contributed by atoms with Crippen molar-refractivity contribution in [2.75, 3.05) is 0 Å². The largest absolute Gasteiger partial charge is 0.271 e. The lowest BCUT2D eigenvalue weighted by Crippen LogP contribution is -2.37. The van der Waals surface area contributed by atoms with Crippen molar-refractivity contribution in [2.45, 2.75) is 57.4 Å². The zero-order chi connectivity index (χ0) is 12.8. The van der Waals surface area contributed by atoms with Crippen molar-refractivity contribution in [3.63, 3.8) is 0 Å². The standard InChI is InChI=1S/C13H25N5/c1-18-13(15-10-16-18)9-12(17-14)8-7-11-5-3-2-4-6-11/h10-12,17H,2-9,14H2,1H3. The van der Waals surface area contributed by atoms with Crippen LogP contribution in [0.4, 0.5) is 0 Å². The lowest BCUT2D eigenvalue weighted by Gasteiger charge is -2.23. The number of nitrogens with zero attached hydrogens (tertiary/aromatic N) is 3. The van der Waals surface area contributed by atoms with Gasteiger partial charge in [-0.1, -0.05) is 32.1 Å². The van der Waals surface area contributed by atoms with Gasteiger partial charge in [0.2, 0.25) is 0 Å². The molecule has 5 heteroatoms. The summed E-state index contributed by atoms with van der Waals surface area (Å²) in [5.41, 5.74) is 2.93. The molecular formula is C13H25N5. The van der Waals surface area contributed by atoms with Gasteiger partial charge in [-0.05, 0) is 18.8 Å². The van der Waals surface area contributed by atoms with Crippen LogP contribution in [0.5, 0.6) is 0 Å². The molecule has 0 bridgehead atoms. The van der Waals surface area contributed by atoms with Crippen molar-refractivity contribution in [3.05, 3.63) is 12.2 Å². The van der Waals surface area contributed by atoms with Gasteiger partial charge in [-0.3, -0.25) is 16.0 Å². The lowest BCUT2D eigenvalue weighted by atomic mass is 9.85. The van der Waals surface area contributed by atoms with Crippen LogP contribution in [0.15, 0.2) is 6.33 Å². The Hall–Kier alpha value is -0.940. The first-order valence-corrected chi connectivity index (χ1v) is 7.08. The Balaban J connectivity index is 1.76. The number of hydrogen-bond donors (Lipinski definition) is 2. The fourth-order valence-electron chi connectivity index (χ4n) is 2.88. The maximum absolute atomic E-state index is 5.65. The molecule has 1 aromatic rings. The number of nitrogens with one attached hydrogen (secondary N) is 1. The number of aryl methyl sites for hydroxylation is 1. The quantitative estimate of drug-likeness (QED) is 0.594. The van der Waals surface area contributed by atoms with Gasteiger partial charge in [0.25, 0.3) is 0 Å². The molecule has 1 aliphatic rings. The highest BCUT2D eigenvalue weighted by Gasteiger charge is 2.17. The summed E-state index contributed by atoms with van der Waals surface area (Å²) >= 11 is 0. The van der Waals surface area contributed by atoms with Gasteiger partial charge >= 0.3 is 0 Å². The smallest absolute Gasteiger partial charge is 0.138 e. The van der Waals surface area contributed by atoms with Crippen LogP contribution in [0.2, 0.25) is 0 Å². The molecule has 0 aromatic carbocycles. The van der Waals surface area contributed by atoms with Crippen molar-refractivity contribution >= 4 is 0 Å². The average molecular weight is 251 g/mol. The van der Waals surface area contributed by atoms with Crippen molar-refractivity contribution < 1.29 is 0 Å². The first kappa shape index (κ1) is 13.5. The molecule has 1 saturated carbocycles. The van der Waals surface area contributed by atoms with Crippen LogP contribution >= 0.6 is 0 Å². The molecule has 1 atom stereocenters. The highest BCUT2D eigenvalue weighted by molar-refractivity contribution is 4.88. The SMILES string of the molecule is Cn1ncnc1CC(CCC1CCCCC1)NN. The Kier molecular flexibility index (Phi) is 5.13. The molecule has 1 aromatic heterocycles. The van der Waals surface area contributed by atoms with Crippen LogP contribution in [-0.4, -0.2) is 20.8 Å². The molecule has 0 aliphatic heterocycles. The van der Waals surface area contributed by atoms with E-state index in [4.69, 9.17) is 5.84 Å². The van der Waals surface area contributed by atoms with Crippen molar-refractivity contribution in [3.8, 4) is 0 Å². The molecule has 0 saturated heterocycles. The van der Waals surface area contributed by atoms with Crippen LogP contribution in [-0.2, 0) is 13.5 Å². The van der Waals surface area contributed by atoms with E-state index in [1.165, 1.54) is 38.5 Å². The summed E-state index contributed by atoms with van der Waals surface area (Å²) in [6.45, 7) is 0. The van der Waals surface area contributed by atoms with E-state index in [0.29, 0.717) is 6.04 Å². The molecule has 2 rings (SSSR count). The summed E-state index contributed by atoms with van der Waals surface area (Å²) in [7, 11) is 1.93. The molecule has 0 amide bonds. The van der Waals surface area contributed by atoms with Gasteiger partial charge in [-0.25, -0.2) is 4.98 Å². The zero-order valence-electron chi connectivity index (χ0n) is 11.3. The van der Waals surface area contributed by atoms with E-state index in [-0.39, 0.29) is 0 Å². The summed E-state index contributed by atoms with van der Waals surface area (Å²) in [4.78, 5) is 4.25. The Morgan fingerprint density at radius 1 is 1.44 bits per heavy atom. The Morgan fingerprint density at radius 3 is 2.83 bits per heavy atom. The Bertz CT molecular complexity index is 343. The Labute approximate surface area is 109 Å². The summed E-state index contributed by atoms with van der Waals surface area (Å²) < 4.78 is 1.82. The second-order valence-electron chi connectivity index (χ2n) is 5.45. The number of hydrazine groups is 1. The fourth-order valence-corrected chi connectivity index (χ4v) is 2.88. The third-order valence-corrected chi connectivity index (χ3v) is 4.12. The topological polar surface area (TPSA) is 68.8 Å². The molecule has 3 N–H and O–H groups in total. The third kappa shape index (κ3) is 3.78. The van der Waals surface area contributed by atoms with E-state index >= 15 is 0 Å². The molecule has 0 spiro atoms. The van der Waals surface area contributed by atoms with E-state index in [1.807, 2.05) is 11.7 Å². The predicted octanol–water partition coefficient (Wildman–Crippen LogP) is 1.55. The van der Waals surface area contributed by atoms with E-state index in [0.717, 1.165) is 24.6 Å². The minimum Gasteiger partial charge on any atom is -0.271 e. The molecule has 1 aliphatic carbocycles. The number of hydrogen-bond acceptors (Lipinski definition) is 4. The highest BCUT2D eigenvalue weighted by atomic mass is 15.3. The summed E-state index contributed by atoms with van der Waals surface area (Å²) in [6.07, 6.45) is 11.9. The molecule has 1 heterocycles. The zero-order valence-corrected chi connectivity index (χ0v) is 11.3. The number of nitrogens with two attached hydrogens (primary N) is 1. The van der Waals surface area contributed by atoms with Gasteiger partial charge in [-0.15, -0.1) is 0 Å². The molecule has 18 heavy (non-hydrogen) atoms. The molecule has 0 radical (unpaired) electrons. The predicted molar refractivity (Wildman–Crippen MR) is 71.6 cm³/mol. The number of aromatic nitrogens is 3. The normalized spacial score (nSPS) is 19.0. The van der Waals surface area contributed by atoms with Crippen LogP contribution in [0.25, 0.3) is 0 Å². The van der Waals surface area contributed by atoms with Crippen LogP contribution in [0, 0.1) is 5.92 Å². The third-order valence-electron chi connectivity index (χ3n) is 4.12. The van der Waals surface area contributed by atoms with Gasteiger partial charge in [0.05, 0.1) is 0 Å². The minimum absolute atomic E-state index is 0.315. The van der Waals surface area contributed by atoms with Crippen molar-refractivity contribution in [2.24, 2.45) is 18.8 Å². The van der Waals surface area contributed by atoms with Gasteiger partial charge in [0, 0.05) is 19.5 Å². The molecular weight excluding hydrogens is 226 g/mol. The van der Waals surface area contributed by atoms with Crippen LogP contribution in [0.3, 0.4) is 0 Å². The maximum atomic E-state index is 5.65. The van der Waals surface area contributed by atoms with Gasteiger partial charge in [-0.2, -0.15) is 5.10 Å².